The molecule has 1 aromatic carbocycles. The third-order valence-corrected chi connectivity index (χ3v) is 3.68. The Balaban J connectivity index is 2.12. The molecule has 0 aliphatic carbocycles. The van der Waals surface area contributed by atoms with E-state index < -0.39 is 0 Å². The molecule has 1 atom stereocenters. The van der Waals surface area contributed by atoms with Crippen LogP contribution in [0.5, 0.6) is 5.75 Å². The van der Waals surface area contributed by atoms with E-state index in [2.05, 4.69) is 31.9 Å². The van der Waals surface area contributed by atoms with E-state index in [1.165, 1.54) is 0 Å². The predicted octanol–water partition coefficient (Wildman–Crippen LogP) is 4.06. The zero-order valence-electron chi connectivity index (χ0n) is 9.82. The Hall–Kier alpha value is -0.780. The molecule has 1 unspecified atom stereocenters. The van der Waals surface area contributed by atoms with Crippen LogP contribution in [0.1, 0.15) is 17.4 Å². The van der Waals surface area contributed by atoms with E-state index in [0.29, 0.717) is 11.1 Å². The van der Waals surface area contributed by atoms with Gasteiger partial charge in [-0.15, -0.1) is 0 Å². The molecule has 96 valence electrons. The molecule has 0 aliphatic rings. The number of hydrogen-bond acceptors (Lipinski definition) is 3. The molecule has 0 saturated heterocycles. The summed E-state index contributed by atoms with van der Waals surface area (Å²) in [6.45, 7) is 0. The van der Waals surface area contributed by atoms with Gasteiger partial charge in [-0.2, -0.15) is 0 Å². The summed E-state index contributed by atoms with van der Waals surface area (Å²) in [5, 5.41) is 0. The lowest BCUT2D eigenvalue weighted by Gasteiger charge is -2.10. The van der Waals surface area contributed by atoms with E-state index in [1.54, 1.807) is 7.11 Å². The highest BCUT2D eigenvalue weighted by molar-refractivity contribution is 9.10. The topological polar surface area (TPSA) is 48.4 Å². The summed E-state index contributed by atoms with van der Waals surface area (Å²) in [6.07, 6.45) is 0.711. The molecule has 0 saturated carbocycles. The van der Waals surface area contributed by atoms with Gasteiger partial charge in [0.2, 0.25) is 0 Å². The standard InChI is InChI=1S/C13H13Br2NO2/c1-17-11-3-2-8(6-9(11)14)7-10(16)12-4-5-13(15)18-12/h2-6,10H,7,16H2,1H3. The molecule has 2 rings (SSSR count). The van der Waals surface area contributed by atoms with Crippen molar-refractivity contribution in [2.75, 3.05) is 7.11 Å². The first-order valence-corrected chi connectivity index (χ1v) is 7.02. The predicted molar refractivity (Wildman–Crippen MR) is 77.7 cm³/mol. The smallest absolute Gasteiger partial charge is 0.169 e. The maximum atomic E-state index is 6.10. The molecule has 0 radical (unpaired) electrons. The summed E-state index contributed by atoms with van der Waals surface area (Å²) in [7, 11) is 1.64. The second kappa shape index (κ2) is 5.91. The number of halogens is 2. The Kier molecular flexibility index (Phi) is 4.48. The van der Waals surface area contributed by atoms with Gasteiger partial charge in [0.05, 0.1) is 17.6 Å². The summed E-state index contributed by atoms with van der Waals surface area (Å²) in [6, 6.07) is 9.51. The van der Waals surface area contributed by atoms with Gasteiger partial charge in [-0.05, 0) is 68.1 Å². The van der Waals surface area contributed by atoms with E-state index in [1.807, 2.05) is 30.3 Å². The second-order valence-electron chi connectivity index (χ2n) is 3.92. The minimum atomic E-state index is -0.156. The van der Waals surface area contributed by atoms with Crippen LogP contribution < -0.4 is 10.5 Å². The van der Waals surface area contributed by atoms with E-state index in [-0.39, 0.29) is 6.04 Å². The van der Waals surface area contributed by atoms with Crippen molar-refractivity contribution in [3.05, 3.63) is 50.8 Å². The summed E-state index contributed by atoms with van der Waals surface area (Å²) in [4.78, 5) is 0. The van der Waals surface area contributed by atoms with Gasteiger partial charge in [0.25, 0.3) is 0 Å². The highest BCUT2D eigenvalue weighted by Gasteiger charge is 2.12. The summed E-state index contributed by atoms with van der Waals surface area (Å²) >= 11 is 6.73. The normalized spacial score (nSPS) is 12.4. The van der Waals surface area contributed by atoms with Crippen molar-refractivity contribution >= 4 is 31.9 Å². The number of rotatable bonds is 4. The molecule has 0 aliphatic heterocycles. The molecule has 0 spiro atoms. The molecule has 2 N–H and O–H groups in total. The third kappa shape index (κ3) is 3.16. The lowest BCUT2D eigenvalue weighted by atomic mass is 10.0. The van der Waals surface area contributed by atoms with Crippen molar-refractivity contribution in [3.63, 3.8) is 0 Å². The SMILES string of the molecule is COc1ccc(CC(N)c2ccc(Br)o2)cc1Br. The van der Waals surface area contributed by atoms with Crippen LogP contribution in [0.2, 0.25) is 0 Å². The van der Waals surface area contributed by atoms with Gasteiger partial charge in [0.1, 0.15) is 11.5 Å². The van der Waals surface area contributed by atoms with Crippen LogP contribution in [-0.4, -0.2) is 7.11 Å². The number of methoxy groups -OCH3 is 1. The molecule has 1 aromatic heterocycles. The molecule has 1 heterocycles. The van der Waals surface area contributed by atoms with Crippen LogP contribution in [0.4, 0.5) is 0 Å². The summed E-state index contributed by atoms with van der Waals surface area (Å²) in [5.74, 6) is 1.59. The van der Waals surface area contributed by atoms with E-state index in [0.717, 1.165) is 21.5 Å². The fraction of sp³-hybridized carbons (Fsp3) is 0.231. The zero-order valence-corrected chi connectivity index (χ0v) is 13.0. The van der Waals surface area contributed by atoms with Gasteiger partial charge in [-0.3, -0.25) is 0 Å². The quantitative estimate of drug-likeness (QED) is 0.877. The van der Waals surface area contributed by atoms with Crippen molar-refractivity contribution < 1.29 is 9.15 Å². The molecule has 0 bridgehead atoms. The van der Waals surface area contributed by atoms with Gasteiger partial charge in [-0.25, -0.2) is 0 Å². The average Bonchev–Trinajstić information content (AvgIpc) is 2.76. The van der Waals surface area contributed by atoms with Crippen LogP contribution in [0.25, 0.3) is 0 Å². The average molecular weight is 375 g/mol. The van der Waals surface area contributed by atoms with Gasteiger partial charge in [0, 0.05) is 0 Å². The Labute approximate surface area is 123 Å². The van der Waals surface area contributed by atoms with Crippen LogP contribution in [0, 0.1) is 0 Å². The van der Waals surface area contributed by atoms with Crippen LogP contribution >= 0.6 is 31.9 Å². The second-order valence-corrected chi connectivity index (χ2v) is 5.56. The fourth-order valence-electron chi connectivity index (χ4n) is 1.72. The number of furan rings is 1. The van der Waals surface area contributed by atoms with Crippen molar-refractivity contribution in [2.24, 2.45) is 5.73 Å². The number of nitrogens with two attached hydrogens (primary N) is 1. The largest absolute Gasteiger partial charge is 0.496 e. The van der Waals surface area contributed by atoms with Crippen molar-refractivity contribution in [2.45, 2.75) is 12.5 Å². The first-order chi connectivity index (χ1) is 8.60. The lowest BCUT2D eigenvalue weighted by molar-refractivity contribution is 0.411. The maximum absolute atomic E-state index is 6.10. The van der Waals surface area contributed by atoms with E-state index in [9.17, 15) is 0 Å². The van der Waals surface area contributed by atoms with Gasteiger partial charge < -0.3 is 14.9 Å². The Morgan fingerprint density at radius 3 is 2.61 bits per heavy atom. The Morgan fingerprint density at radius 2 is 2.06 bits per heavy atom. The summed E-state index contributed by atoms with van der Waals surface area (Å²) < 4.78 is 12.3. The van der Waals surface area contributed by atoms with Crippen LogP contribution in [0.15, 0.2) is 43.9 Å². The highest BCUT2D eigenvalue weighted by atomic mass is 79.9. The monoisotopic (exact) mass is 373 g/mol. The minimum absolute atomic E-state index is 0.156. The maximum Gasteiger partial charge on any atom is 0.169 e. The van der Waals surface area contributed by atoms with E-state index in [4.69, 9.17) is 14.9 Å². The molecule has 0 amide bonds. The van der Waals surface area contributed by atoms with Gasteiger partial charge in [-0.1, -0.05) is 6.07 Å². The number of benzene rings is 1. The molecule has 2 aromatic rings. The molecule has 18 heavy (non-hydrogen) atoms. The van der Waals surface area contributed by atoms with Crippen molar-refractivity contribution in [3.8, 4) is 5.75 Å². The lowest BCUT2D eigenvalue weighted by Crippen LogP contribution is -2.12. The molecule has 0 fully saturated rings. The molecule has 3 nitrogen and oxygen atoms in total. The van der Waals surface area contributed by atoms with Crippen molar-refractivity contribution in [1.82, 2.24) is 0 Å². The zero-order chi connectivity index (χ0) is 13.1. The Morgan fingerprint density at radius 1 is 1.28 bits per heavy atom. The first-order valence-electron chi connectivity index (χ1n) is 5.43. The Bertz CT molecular complexity index is 540. The van der Waals surface area contributed by atoms with Gasteiger partial charge >= 0.3 is 0 Å². The molecular formula is C13H13Br2NO2. The molecule has 5 heteroatoms. The highest BCUT2D eigenvalue weighted by Crippen LogP contribution is 2.28. The third-order valence-electron chi connectivity index (χ3n) is 2.63. The fourth-order valence-corrected chi connectivity index (χ4v) is 2.63. The molecular weight excluding hydrogens is 362 g/mol. The number of ether oxygens (including phenoxy) is 1. The summed E-state index contributed by atoms with van der Waals surface area (Å²) in [5.41, 5.74) is 7.23. The van der Waals surface area contributed by atoms with E-state index >= 15 is 0 Å². The number of hydrogen-bond donors (Lipinski definition) is 1. The van der Waals surface area contributed by atoms with Crippen LogP contribution in [-0.2, 0) is 6.42 Å². The first kappa shape index (κ1) is 13.6. The van der Waals surface area contributed by atoms with Crippen molar-refractivity contribution in [1.29, 1.82) is 0 Å². The minimum Gasteiger partial charge on any atom is -0.496 e. The van der Waals surface area contributed by atoms with Crippen LogP contribution in [0.3, 0.4) is 0 Å². The van der Waals surface area contributed by atoms with Gasteiger partial charge in [0.15, 0.2) is 4.67 Å².